The Hall–Kier alpha value is -3.18. The first kappa shape index (κ1) is 23.5. The van der Waals surface area contributed by atoms with Crippen molar-refractivity contribution >= 4 is 27.5 Å². The van der Waals surface area contributed by atoms with Crippen LogP contribution in [-0.2, 0) is 19.6 Å². The third-order valence-electron chi connectivity index (χ3n) is 5.26. The van der Waals surface area contributed by atoms with Crippen molar-refractivity contribution in [2.75, 3.05) is 39.2 Å². The Morgan fingerprint density at radius 1 is 1.12 bits per heavy atom. The molecule has 2 amide bonds. The summed E-state index contributed by atoms with van der Waals surface area (Å²) >= 11 is 0. The number of hydrogen-bond acceptors (Lipinski definition) is 7. The maximum absolute atomic E-state index is 12.7. The number of sulfonamides is 1. The maximum atomic E-state index is 12.7. The molecule has 11 heteroatoms. The number of nitrogens with one attached hydrogen (secondary N) is 2. The fourth-order valence-corrected chi connectivity index (χ4v) is 4.84. The highest BCUT2D eigenvalue weighted by molar-refractivity contribution is 7.89. The second-order valence-corrected chi connectivity index (χ2v) is 9.20. The van der Waals surface area contributed by atoms with E-state index in [-0.39, 0.29) is 17.4 Å². The van der Waals surface area contributed by atoms with Gasteiger partial charge in [0.25, 0.3) is 0 Å². The summed E-state index contributed by atoms with van der Waals surface area (Å²) in [6.07, 6.45) is 4.00. The number of anilines is 1. The van der Waals surface area contributed by atoms with E-state index in [1.165, 1.54) is 37.0 Å². The molecule has 1 aromatic carbocycles. The van der Waals surface area contributed by atoms with Crippen molar-refractivity contribution < 1.29 is 27.5 Å². The standard InChI is InChI=1S/C21H26N4O6S/c1-30-16-5-6-19(31-2)18(12-16)24-21(27)20(26)23-13-15-7-10-25(11-8-15)32(28,29)17-4-3-9-22-14-17/h3-6,9,12,14-15H,7-8,10-11,13H2,1-2H3,(H,23,26)(H,24,27). The van der Waals surface area contributed by atoms with Gasteiger partial charge < -0.3 is 20.1 Å². The zero-order valence-electron chi connectivity index (χ0n) is 17.9. The third-order valence-corrected chi connectivity index (χ3v) is 7.14. The average Bonchev–Trinajstić information content (AvgIpc) is 2.83. The Morgan fingerprint density at radius 3 is 2.50 bits per heavy atom. The number of amides is 2. The predicted octanol–water partition coefficient (Wildman–Crippen LogP) is 1.25. The average molecular weight is 463 g/mol. The minimum absolute atomic E-state index is 0.0680. The summed E-state index contributed by atoms with van der Waals surface area (Å²) in [5.41, 5.74) is 0.320. The van der Waals surface area contributed by atoms with E-state index >= 15 is 0 Å². The molecule has 10 nitrogen and oxygen atoms in total. The highest BCUT2D eigenvalue weighted by Crippen LogP contribution is 2.29. The highest BCUT2D eigenvalue weighted by Gasteiger charge is 2.30. The van der Waals surface area contributed by atoms with Crippen molar-refractivity contribution in [2.24, 2.45) is 5.92 Å². The zero-order chi connectivity index (χ0) is 23.1. The lowest BCUT2D eigenvalue weighted by molar-refractivity contribution is -0.136. The van der Waals surface area contributed by atoms with Crippen LogP contribution in [-0.4, -0.2) is 63.4 Å². The zero-order valence-corrected chi connectivity index (χ0v) is 18.7. The van der Waals surface area contributed by atoms with Crippen LogP contribution < -0.4 is 20.1 Å². The SMILES string of the molecule is COc1ccc(OC)c(NC(=O)C(=O)NCC2CCN(S(=O)(=O)c3cccnc3)CC2)c1. The number of carbonyl (C=O) groups is 2. The summed E-state index contributed by atoms with van der Waals surface area (Å²) < 4.78 is 37.1. The molecule has 3 rings (SSSR count). The first-order valence-corrected chi connectivity index (χ1v) is 11.5. The second kappa shape index (κ2) is 10.4. The normalized spacial score (nSPS) is 15.1. The molecule has 0 radical (unpaired) electrons. The van der Waals surface area contributed by atoms with Crippen molar-refractivity contribution in [3.63, 3.8) is 0 Å². The molecule has 1 aliphatic rings. The number of methoxy groups -OCH3 is 2. The topological polar surface area (TPSA) is 127 Å². The van der Waals surface area contributed by atoms with Gasteiger partial charge in [-0.05, 0) is 43.0 Å². The lowest BCUT2D eigenvalue weighted by Gasteiger charge is -2.31. The Morgan fingerprint density at radius 2 is 1.88 bits per heavy atom. The summed E-state index contributed by atoms with van der Waals surface area (Å²) in [5.74, 6) is -0.629. The molecule has 0 bridgehead atoms. The third kappa shape index (κ3) is 5.54. The van der Waals surface area contributed by atoms with Crippen LogP contribution >= 0.6 is 0 Å². The van der Waals surface area contributed by atoms with Crippen molar-refractivity contribution in [2.45, 2.75) is 17.7 Å². The van der Waals surface area contributed by atoms with Crippen LogP contribution in [0.15, 0.2) is 47.6 Å². The molecular formula is C21H26N4O6S. The van der Waals surface area contributed by atoms with E-state index in [2.05, 4.69) is 15.6 Å². The van der Waals surface area contributed by atoms with E-state index in [1.54, 1.807) is 24.3 Å². The lowest BCUT2D eigenvalue weighted by Crippen LogP contribution is -2.43. The monoisotopic (exact) mass is 462 g/mol. The summed E-state index contributed by atoms with van der Waals surface area (Å²) in [4.78, 5) is 28.6. The van der Waals surface area contributed by atoms with Crippen LogP contribution in [0.4, 0.5) is 5.69 Å². The largest absolute Gasteiger partial charge is 0.497 e. The molecule has 2 N–H and O–H groups in total. The van der Waals surface area contributed by atoms with Gasteiger partial charge in [-0.1, -0.05) is 0 Å². The predicted molar refractivity (Wildman–Crippen MR) is 117 cm³/mol. The highest BCUT2D eigenvalue weighted by atomic mass is 32.2. The van der Waals surface area contributed by atoms with Crippen molar-refractivity contribution in [1.82, 2.24) is 14.6 Å². The van der Waals surface area contributed by atoms with Crippen LogP contribution in [0.25, 0.3) is 0 Å². The molecule has 0 saturated carbocycles. The van der Waals surface area contributed by atoms with E-state index in [1.807, 2.05) is 0 Å². The van der Waals surface area contributed by atoms with Crippen LogP contribution in [0.3, 0.4) is 0 Å². The Balaban J connectivity index is 1.49. The first-order valence-electron chi connectivity index (χ1n) is 10.1. The fraction of sp³-hybridized carbons (Fsp3) is 0.381. The van der Waals surface area contributed by atoms with Gasteiger partial charge in [0.1, 0.15) is 16.4 Å². The molecule has 0 spiro atoms. The maximum Gasteiger partial charge on any atom is 0.313 e. The van der Waals surface area contributed by atoms with E-state index in [0.717, 1.165) is 0 Å². The van der Waals surface area contributed by atoms with Gasteiger partial charge in [0.15, 0.2) is 0 Å². The number of hydrogen-bond donors (Lipinski definition) is 2. The molecule has 1 fully saturated rings. The molecule has 1 aliphatic heterocycles. The smallest absolute Gasteiger partial charge is 0.313 e. The van der Waals surface area contributed by atoms with Crippen LogP contribution in [0.2, 0.25) is 0 Å². The summed E-state index contributed by atoms with van der Waals surface area (Å²) in [6.45, 7) is 0.957. The van der Waals surface area contributed by atoms with Crippen molar-refractivity contribution in [3.8, 4) is 11.5 Å². The molecule has 0 aliphatic carbocycles. The molecular weight excluding hydrogens is 436 g/mol. The summed E-state index contributed by atoms with van der Waals surface area (Å²) in [6, 6.07) is 7.96. The van der Waals surface area contributed by atoms with Gasteiger partial charge in [0, 0.05) is 38.1 Å². The van der Waals surface area contributed by atoms with Crippen molar-refractivity contribution in [1.29, 1.82) is 0 Å². The van der Waals surface area contributed by atoms with Crippen LogP contribution in [0, 0.1) is 5.92 Å². The van der Waals surface area contributed by atoms with Gasteiger partial charge >= 0.3 is 11.8 Å². The molecule has 1 saturated heterocycles. The molecule has 2 aromatic rings. The van der Waals surface area contributed by atoms with Gasteiger partial charge in [0.05, 0.1) is 19.9 Å². The molecule has 0 atom stereocenters. The number of benzene rings is 1. The number of piperidine rings is 1. The number of carbonyl (C=O) groups excluding carboxylic acids is 2. The quantitative estimate of drug-likeness (QED) is 0.593. The minimum atomic E-state index is -3.58. The molecule has 2 heterocycles. The number of rotatable bonds is 7. The van der Waals surface area contributed by atoms with Gasteiger partial charge in [-0.15, -0.1) is 0 Å². The van der Waals surface area contributed by atoms with Crippen LogP contribution in [0.5, 0.6) is 11.5 Å². The summed E-state index contributed by atoms with van der Waals surface area (Å²) in [5, 5.41) is 5.14. The number of aromatic nitrogens is 1. The first-order chi connectivity index (χ1) is 15.3. The number of ether oxygens (including phenoxy) is 2. The lowest BCUT2D eigenvalue weighted by atomic mass is 9.98. The number of pyridine rings is 1. The van der Waals surface area contributed by atoms with E-state index in [9.17, 15) is 18.0 Å². The Kier molecular flexibility index (Phi) is 7.65. The fourth-order valence-electron chi connectivity index (χ4n) is 3.41. The van der Waals surface area contributed by atoms with Gasteiger partial charge in [-0.2, -0.15) is 4.31 Å². The van der Waals surface area contributed by atoms with Crippen LogP contribution in [0.1, 0.15) is 12.8 Å². The van der Waals surface area contributed by atoms with Gasteiger partial charge in [-0.3, -0.25) is 14.6 Å². The molecule has 1 aromatic heterocycles. The van der Waals surface area contributed by atoms with E-state index < -0.39 is 21.8 Å². The minimum Gasteiger partial charge on any atom is -0.497 e. The Bertz CT molecular complexity index is 1050. The number of nitrogens with zero attached hydrogens (tertiary/aromatic N) is 2. The molecule has 172 valence electrons. The van der Waals surface area contributed by atoms with Gasteiger partial charge in [0.2, 0.25) is 10.0 Å². The van der Waals surface area contributed by atoms with Crippen molar-refractivity contribution in [3.05, 3.63) is 42.7 Å². The molecule has 0 unspecified atom stereocenters. The second-order valence-electron chi connectivity index (χ2n) is 7.27. The molecule has 32 heavy (non-hydrogen) atoms. The summed E-state index contributed by atoms with van der Waals surface area (Å²) in [7, 11) is -0.630. The van der Waals surface area contributed by atoms with Gasteiger partial charge in [-0.25, -0.2) is 8.42 Å². The van der Waals surface area contributed by atoms with E-state index in [4.69, 9.17) is 9.47 Å². The Labute approximate surface area is 187 Å². The van der Waals surface area contributed by atoms with E-state index in [0.29, 0.717) is 43.1 Å².